The molecule has 0 N–H and O–H groups in total. The maximum atomic E-state index is 12.6. The summed E-state index contributed by atoms with van der Waals surface area (Å²) in [6.45, 7) is 5.87. The van der Waals surface area contributed by atoms with E-state index in [1.54, 1.807) is 13.0 Å². The fraction of sp³-hybridized carbons (Fsp3) is 0.706. The van der Waals surface area contributed by atoms with Crippen LogP contribution in [0.5, 0.6) is 0 Å². The summed E-state index contributed by atoms with van der Waals surface area (Å²) in [5.74, 6) is 1.22. The van der Waals surface area contributed by atoms with E-state index in [2.05, 4.69) is 5.16 Å². The van der Waals surface area contributed by atoms with Crippen LogP contribution in [0.1, 0.15) is 55.8 Å². The van der Waals surface area contributed by atoms with E-state index in [1.807, 2.05) is 16.7 Å². The van der Waals surface area contributed by atoms with Gasteiger partial charge in [-0.3, -0.25) is 9.59 Å². The molecule has 1 aromatic heterocycles. The summed E-state index contributed by atoms with van der Waals surface area (Å²) in [4.78, 5) is 28.4. The lowest BCUT2D eigenvalue weighted by molar-refractivity contribution is -0.132. The molecule has 2 aliphatic rings. The van der Waals surface area contributed by atoms with Gasteiger partial charge in [-0.05, 0) is 25.2 Å². The molecule has 2 aliphatic heterocycles. The second-order valence-corrected chi connectivity index (χ2v) is 6.61. The molecule has 1 aromatic rings. The van der Waals surface area contributed by atoms with Gasteiger partial charge in [-0.1, -0.05) is 18.5 Å². The first kappa shape index (κ1) is 16.0. The Hall–Kier alpha value is -1.85. The summed E-state index contributed by atoms with van der Waals surface area (Å²) in [7, 11) is 0. The number of aromatic nitrogens is 1. The third-order valence-electron chi connectivity index (χ3n) is 5.14. The van der Waals surface area contributed by atoms with Crippen molar-refractivity contribution in [2.75, 3.05) is 19.6 Å². The topological polar surface area (TPSA) is 66.7 Å². The zero-order valence-electron chi connectivity index (χ0n) is 14.0. The molecule has 0 unspecified atom stereocenters. The summed E-state index contributed by atoms with van der Waals surface area (Å²) in [6, 6.07) is 2.02. The minimum Gasteiger partial charge on any atom is -0.361 e. The fourth-order valence-corrected chi connectivity index (χ4v) is 3.89. The quantitative estimate of drug-likeness (QED) is 0.837. The van der Waals surface area contributed by atoms with Crippen LogP contribution in [0.15, 0.2) is 10.6 Å². The van der Waals surface area contributed by atoms with Crippen molar-refractivity contribution in [2.45, 2.75) is 52.0 Å². The van der Waals surface area contributed by atoms with Crippen molar-refractivity contribution < 1.29 is 14.1 Å². The first-order valence-corrected chi connectivity index (χ1v) is 8.62. The van der Waals surface area contributed by atoms with Crippen molar-refractivity contribution >= 4 is 11.8 Å². The molecule has 23 heavy (non-hydrogen) atoms. The van der Waals surface area contributed by atoms with E-state index in [-0.39, 0.29) is 17.9 Å². The number of hydrogen-bond donors (Lipinski definition) is 0. The van der Waals surface area contributed by atoms with Gasteiger partial charge in [0.1, 0.15) is 5.76 Å². The predicted molar refractivity (Wildman–Crippen MR) is 84.9 cm³/mol. The van der Waals surface area contributed by atoms with Gasteiger partial charge in [0.25, 0.3) is 5.91 Å². The van der Waals surface area contributed by atoms with Crippen LogP contribution in [-0.2, 0) is 11.2 Å². The van der Waals surface area contributed by atoms with Crippen molar-refractivity contribution in [1.82, 2.24) is 15.0 Å². The standard InChI is InChI=1S/C17H25N3O3/c1-3-14-10-15(18-23-14)17(22)19-9-7-16-13(11-19)6-4-5-8-20(16)12(2)21/h10,13,16H,3-9,11H2,1-2H3/t13-,16+/m0/s1. The van der Waals surface area contributed by atoms with E-state index in [0.29, 0.717) is 24.7 Å². The largest absolute Gasteiger partial charge is 0.361 e. The molecule has 6 nitrogen and oxygen atoms in total. The zero-order valence-corrected chi connectivity index (χ0v) is 14.0. The molecule has 0 saturated carbocycles. The zero-order chi connectivity index (χ0) is 16.4. The smallest absolute Gasteiger partial charge is 0.276 e. The van der Waals surface area contributed by atoms with Gasteiger partial charge in [-0.15, -0.1) is 0 Å². The van der Waals surface area contributed by atoms with Crippen LogP contribution in [0.3, 0.4) is 0 Å². The van der Waals surface area contributed by atoms with Crippen LogP contribution < -0.4 is 0 Å². The van der Waals surface area contributed by atoms with Gasteiger partial charge in [0.15, 0.2) is 5.69 Å². The highest BCUT2D eigenvalue weighted by molar-refractivity contribution is 5.92. The van der Waals surface area contributed by atoms with Crippen LogP contribution in [0.25, 0.3) is 0 Å². The number of amides is 2. The molecular weight excluding hydrogens is 294 g/mol. The van der Waals surface area contributed by atoms with E-state index < -0.39 is 0 Å². The molecule has 6 heteroatoms. The van der Waals surface area contributed by atoms with E-state index >= 15 is 0 Å². The fourth-order valence-electron chi connectivity index (χ4n) is 3.89. The minimum absolute atomic E-state index is 0.0504. The minimum atomic E-state index is -0.0504. The Morgan fingerprint density at radius 1 is 1.30 bits per heavy atom. The van der Waals surface area contributed by atoms with Crippen LogP contribution in [0, 0.1) is 5.92 Å². The maximum Gasteiger partial charge on any atom is 0.276 e. The van der Waals surface area contributed by atoms with Gasteiger partial charge >= 0.3 is 0 Å². The average Bonchev–Trinajstić information content (AvgIpc) is 2.93. The number of carbonyl (C=O) groups excluding carboxylic acids is 2. The highest BCUT2D eigenvalue weighted by Gasteiger charge is 2.37. The third-order valence-corrected chi connectivity index (χ3v) is 5.14. The van der Waals surface area contributed by atoms with Crippen molar-refractivity contribution in [3.63, 3.8) is 0 Å². The molecule has 0 aromatic carbocycles. The third kappa shape index (κ3) is 3.26. The highest BCUT2D eigenvalue weighted by Crippen LogP contribution is 2.30. The number of piperidine rings is 1. The molecule has 0 spiro atoms. The molecule has 3 rings (SSSR count). The molecule has 0 radical (unpaired) electrons. The van der Waals surface area contributed by atoms with Crippen LogP contribution >= 0.6 is 0 Å². The molecule has 126 valence electrons. The molecule has 2 fully saturated rings. The Labute approximate surface area is 136 Å². The summed E-state index contributed by atoms with van der Waals surface area (Å²) in [5.41, 5.74) is 0.400. The summed E-state index contributed by atoms with van der Waals surface area (Å²) >= 11 is 0. The average molecular weight is 319 g/mol. The monoisotopic (exact) mass is 319 g/mol. The van der Waals surface area contributed by atoms with Crippen molar-refractivity contribution in [2.24, 2.45) is 5.92 Å². The van der Waals surface area contributed by atoms with Gasteiger partial charge in [0.05, 0.1) is 0 Å². The van der Waals surface area contributed by atoms with Gasteiger partial charge in [-0.2, -0.15) is 0 Å². The second-order valence-electron chi connectivity index (χ2n) is 6.61. The Balaban J connectivity index is 1.71. The van der Waals surface area contributed by atoms with E-state index in [9.17, 15) is 9.59 Å². The number of likely N-dealkylation sites (tertiary alicyclic amines) is 2. The molecule has 0 aliphatic carbocycles. The SMILES string of the molecule is CCc1cc(C(=O)N2CC[C@@H]3[C@@H](CCCCN3C(C)=O)C2)no1. The number of aryl methyl sites for hydroxylation is 1. The molecule has 2 saturated heterocycles. The van der Waals surface area contributed by atoms with E-state index in [0.717, 1.165) is 44.4 Å². The lowest BCUT2D eigenvalue weighted by Gasteiger charge is -2.42. The van der Waals surface area contributed by atoms with Crippen molar-refractivity contribution in [3.05, 3.63) is 17.5 Å². The lowest BCUT2D eigenvalue weighted by Crippen LogP contribution is -2.53. The Kier molecular flexibility index (Phi) is 4.68. The Bertz CT molecular complexity index is 583. The number of nitrogens with zero attached hydrogens (tertiary/aromatic N) is 3. The Morgan fingerprint density at radius 2 is 2.13 bits per heavy atom. The number of rotatable bonds is 2. The molecule has 2 atom stereocenters. The van der Waals surface area contributed by atoms with Crippen LogP contribution in [-0.4, -0.2) is 52.4 Å². The van der Waals surface area contributed by atoms with Gasteiger partial charge < -0.3 is 14.3 Å². The first-order valence-electron chi connectivity index (χ1n) is 8.62. The van der Waals surface area contributed by atoms with E-state index in [1.165, 1.54) is 0 Å². The van der Waals surface area contributed by atoms with Gasteiger partial charge in [0, 0.05) is 45.1 Å². The molecule has 2 amide bonds. The molecule has 0 bridgehead atoms. The second kappa shape index (κ2) is 6.72. The maximum absolute atomic E-state index is 12.6. The van der Waals surface area contributed by atoms with Crippen molar-refractivity contribution in [3.8, 4) is 0 Å². The van der Waals surface area contributed by atoms with Crippen LogP contribution in [0.4, 0.5) is 0 Å². The lowest BCUT2D eigenvalue weighted by atomic mass is 9.88. The highest BCUT2D eigenvalue weighted by atomic mass is 16.5. The van der Waals surface area contributed by atoms with Gasteiger partial charge in [-0.25, -0.2) is 0 Å². The summed E-state index contributed by atoms with van der Waals surface area (Å²) in [6.07, 6.45) is 4.85. The summed E-state index contributed by atoms with van der Waals surface area (Å²) in [5, 5.41) is 3.90. The van der Waals surface area contributed by atoms with Crippen LogP contribution in [0.2, 0.25) is 0 Å². The van der Waals surface area contributed by atoms with Gasteiger partial charge in [0.2, 0.25) is 5.91 Å². The van der Waals surface area contributed by atoms with Crippen molar-refractivity contribution in [1.29, 1.82) is 0 Å². The number of carbonyl (C=O) groups is 2. The number of fused-ring (bicyclic) bond motifs is 1. The normalized spacial score (nSPS) is 25.0. The predicted octanol–water partition coefficient (Wildman–Crippen LogP) is 2.10. The van der Waals surface area contributed by atoms with E-state index in [4.69, 9.17) is 4.52 Å². The molecule has 3 heterocycles. The summed E-state index contributed by atoms with van der Waals surface area (Å²) < 4.78 is 5.15. The molecular formula is C17H25N3O3. The first-order chi connectivity index (χ1) is 11.1. The Morgan fingerprint density at radius 3 is 2.83 bits per heavy atom. The number of hydrogen-bond acceptors (Lipinski definition) is 4.